The van der Waals surface area contributed by atoms with Crippen molar-refractivity contribution < 1.29 is 9.50 Å². The minimum atomic E-state index is -0.384. The minimum absolute atomic E-state index is 0.00922. The number of benzene rings is 1. The van der Waals surface area contributed by atoms with Gasteiger partial charge in [0, 0.05) is 25.2 Å². The Labute approximate surface area is 107 Å². The number of phenols is 1. The van der Waals surface area contributed by atoms with Crippen LogP contribution in [0.1, 0.15) is 25.3 Å². The molecule has 0 bridgehead atoms. The molecule has 0 radical (unpaired) electrons. The number of halogens is 1. The topological polar surface area (TPSA) is 49.5 Å². The summed E-state index contributed by atoms with van der Waals surface area (Å²) in [5, 5.41) is 9.41. The van der Waals surface area contributed by atoms with Gasteiger partial charge in [-0.05, 0) is 49.9 Å². The van der Waals surface area contributed by atoms with Gasteiger partial charge >= 0.3 is 0 Å². The second kappa shape index (κ2) is 5.67. The summed E-state index contributed by atoms with van der Waals surface area (Å²) in [4.78, 5) is 2.31. The van der Waals surface area contributed by atoms with E-state index < -0.39 is 0 Å². The number of nitrogens with zero attached hydrogens (tertiary/aromatic N) is 1. The molecule has 0 saturated carbocycles. The molecule has 0 aromatic heterocycles. The zero-order chi connectivity index (χ0) is 13.1. The standard InChI is InChI=1S/C14H21FN2O/c1-10-2-3-11(7-16)8-17(10)9-12-4-13(15)6-14(18)5-12/h4-6,10-11,18H,2-3,7-9,16H2,1H3. The zero-order valence-corrected chi connectivity index (χ0v) is 10.8. The molecule has 1 aliphatic heterocycles. The number of piperidine rings is 1. The maximum Gasteiger partial charge on any atom is 0.127 e. The summed E-state index contributed by atoms with van der Waals surface area (Å²) in [7, 11) is 0. The first-order valence-electron chi connectivity index (χ1n) is 6.51. The van der Waals surface area contributed by atoms with E-state index in [1.54, 1.807) is 6.07 Å². The van der Waals surface area contributed by atoms with E-state index in [-0.39, 0.29) is 11.6 Å². The van der Waals surface area contributed by atoms with Crippen molar-refractivity contribution in [2.45, 2.75) is 32.4 Å². The van der Waals surface area contributed by atoms with E-state index in [1.807, 2.05) is 0 Å². The minimum Gasteiger partial charge on any atom is -0.508 e. The number of hydrogen-bond acceptors (Lipinski definition) is 3. The van der Waals surface area contributed by atoms with Crippen molar-refractivity contribution in [3.63, 3.8) is 0 Å². The average Bonchev–Trinajstić information content (AvgIpc) is 2.30. The second-order valence-corrected chi connectivity index (χ2v) is 5.28. The number of aromatic hydroxyl groups is 1. The Morgan fingerprint density at radius 1 is 1.39 bits per heavy atom. The molecular formula is C14H21FN2O. The van der Waals surface area contributed by atoms with E-state index in [0.717, 1.165) is 24.6 Å². The van der Waals surface area contributed by atoms with Crippen LogP contribution < -0.4 is 5.73 Å². The van der Waals surface area contributed by atoms with Crippen molar-refractivity contribution in [2.24, 2.45) is 11.7 Å². The van der Waals surface area contributed by atoms with Crippen molar-refractivity contribution in [3.05, 3.63) is 29.6 Å². The third-order valence-electron chi connectivity index (χ3n) is 3.77. The molecule has 100 valence electrons. The number of phenolic OH excluding ortho intramolecular Hbond substituents is 1. The molecule has 4 heteroatoms. The number of hydrogen-bond donors (Lipinski definition) is 2. The van der Waals surface area contributed by atoms with Gasteiger partial charge < -0.3 is 10.8 Å². The summed E-state index contributed by atoms with van der Waals surface area (Å²) in [6.07, 6.45) is 2.30. The van der Waals surface area contributed by atoms with Crippen LogP contribution in [0.3, 0.4) is 0 Å². The van der Waals surface area contributed by atoms with Crippen LogP contribution in [-0.4, -0.2) is 29.1 Å². The van der Waals surface area contributed by atoms with Crippen LogP contribution in [0.5, 0.6) is 5.75 Å². The predicted octanol–water partition coefficient (Wildman–Crippen LogP) is 2.09. The van der Waals surface area contributed by atoms with Crippen LogP contribution in [0.15, 0.2) is 18.2 Å². The molecule has 1 aliphatic rings. The maximum atomic E-state index is 13.2. The van der Waals surface area contributed by atoms with Gasteiger partial charge in [0.05, 0.1) is 0 Å². The Morgan fingerprint density at radius 3 is 2.83 bits per heavy atom. The van der Waals surface area contributed by atoms with Gasteiger partial charge in [0.2, 0.25) is 0 Å². The molecule has 0 aliphatic carbocycles. The Morgan fingerprint density at radius 2 is 2.17 bits per heavy atom. The second-order valence-electron chi connectivity index (χ2n) is 5.28. The summed E-state index contributed by atoms with van der Waals surface area (Å²) in [6.45, 7) is 4.52. The third-order valence-corrected chi connectivity index (χ3v) is 3.77. The Bertz CT molecular complexity index is 391. The van der Waals surface area contributed by atoms with Gasteiger partial charge in [-0.2, -0.15) is 0 Å². The summed E-state index contributed by atoms with van der Waals surface area (Å²) in [5.41, 5.74) is 6.54. The van der Waals surface area contributed by atoms with Crippen molar-refractivity contribution >= 4 is 0 Å². The van der Waals surface area contributed by atoms with E-state index >= 15 is 0 Å². The van der Waals surface area contributed by atoms with Gasteiger partial charge in [0.1, 0.15) is 11.6 Å². The molecule has 3 N–H and O–H groups in total. The number of nitrogens with two attached hydrogens (primary N) is 1. The lowest BCUT2D eigenvalue weighted by molar-refractivity contribution is 0.113. The molecule has 2 atom stereocenters. The molecule has 2 rings (SSSR count). The Kier molecular flexibility index (Phi) is 4.19. The molecule has 1 aromatic rings. The Hall–Kier alpha value is -1.13. The lowest BCUT2D eigenvalue weighted by atomic mass is 9.93. The van der Waals surface area contributed by atoms with Crippen LogP contribution >= 0.6 is 0 Å². The predicted molar refractivity (Wildman–Crippen MR) is 69.7 cm³/mol. The van der Waals surface area contributed by atoms with Crippen LogP contribution in [0, 0.1) is 11.7 Å². The monoisotopic (exact) mass is 252 g/mol. The number of rotatable bonds is 3. The SMILES string of the molecule is CC1CCC(CN)CN1Cc1cc(O)cc(F)c1. The van der Waals surface area contributed by atoms with Crippen LogP contribution in [0.2, 0.25) is 0 Å². The molecule has 1 fully saturated rings. The molecule has 18 heavy (non-hydrogen) atoms. The molecule has 0 amide bonds. The highest BCUT2D eigenvalue weighted by Crippen LogP contribution is 2.24. The van der Waals surface area contributed by atoms with Crippen molar-refractivity contribution in [2.75, 3.05) is 13.1 Å². The molecule has 0 spiro atoms. The van der Waals surface area contributed by atoms with Crippen LogP contribution in [-0.2, 0) is 6.54 Å². The lowest BCUT2D eigenvalue weighted by Crippen LogP contribution is -2.43. The largest absolute Gasteiger partial charge is 0.508 e. The first kappa shape index (κ1) is 13.3. The highest BCUT2D eigenvalue weighted by atomic mass is 19.1. The van der Waals surface area contributed by atoms with E-state index in [0.29, 0.717) is 25.0 Å². The fourth-order valence-electron chi connectivity index (χ4n) is 2.63. The third kappa shape index (κ3) is 3.21. The Balaban J connectivity index is 2.06. The van der Waals surface area contributed by atoms with Gasteiger partial charge in [0.25, 0.3) is 0 Å². The fourth-order valence-corrected chi connectivity index (χ4v) is 2.63. The van der Waals surface area contributed by atoms with Gasteiger partial charge in [-0.15, -0.1) is 0 Å². The fraction of sp³-hybridized carbons (Fsp3) is 0.571. The average molecular weight is 252 g/mol. The highest BCUT2D eigenvalue weighted by Gasteiger charge is 2.24. The summed E-state index contributed by atoms with van der Waals surface area (Å²) >= 11 is 0. The zero-order valence-electron chi connectivity index (χ0n) is 10.8. The van der Waals surface area contributed by atoms with Crippen molar-refractivity contribution in [1.82, 2.24) is 4.90 Å². The van der Waals surface area contributed by atoms with Gasteiger partial charge in [0.15, 0.2) is 0 Å². The molecule has 1 heterocycles. The number of likely N-dealkylation sites (tertiary alicyclic amines) is 1. The first-order valence-corrected chi connectivity index (χ1v) is 6.51. The molecule has 3 nitrogen and oxygen atoms in total. The van der Waals surface area contributed by atoms with E-state index in [4.69, 9.17) is 5.73 Å². The summed E-state index contributed by atoms with van der Waals surface area (Å²) < 4.78 is 13.2. The maximum absolute atomic E-state index is 13.2. The molecular weight excluding hydrogens is 231 g/mol. The quantitative estimate of drug-likeness (QED) is 0.866. The summed E-state index contributed by atoms with van der Waals surface area (Å²) in [6, 6.07) is 4.73. The smallest absolute Gasteiger partial charge is 0.127 e. The molecule has 1 aromatic carbocycles. The van der Waals surface area contributed by atoms with Gasteiger partial charge in [-0.3, -0.25) is 4.90 Å². The molecule has 2 unspecified atom stereocenters. The van der Waals surface area contributed by atoms with Crippen LogP contribution in [0.25, 0.3) is 0 Å². The summed E-state index contributed by atoms with van der Waals surface area (Å²) in [5.74, 6) is 0.137. The van der Waals surface area contributed by atoms with Crippen molar-refractivity contribution in [3.8, 4) is 5.75 Å². The first-order chi connectivity index (χ1) is 8.58. The highest BCUT2D eigenvalue weighted by molar-refractivity contribution is 5.28. The van der Waals surface area contributed by atoms with E-state index in [9.17, 15) is 9.50 Å². The molecule has 1 saturated heterocycles. The van der Waals surface area contributed by atoms with Gasteiger partial charge in [-0.1, -0.05) is 0 Å². The van der Waals surface area contributed by atoms with Gasteiger partial charge in [-0.25, -0.2) is 4.39 Å². The van der Waals surface area contributed by atoms with E-state index in [2.05, 4.69) is 11.8 Å². The van der Waals surface area contributed by atoms with Crippen molar-refractivity contribution in [1.29, 1.82) is 0 Å². The van der Waals surface area contributed by atoms with E-state index in [1.165, 1.54) is 12.5 Å². The lowest BCUT2D eigenvalue weighted by Gasteiger charge is -2.37. The van der Waals surface area contributed by atoms with Crippen LogP contribution in [0.4, 0.5) is 4.39 Å². The normalized spacial score (nSPS) is 25.3.